The van der Waals surface area contributed by atoms with Gasteiger partial charge >= 0.3 is 0 Å². The summed E-state index contributed by atoms with van der Waals surface area (Å²) in [5.74, 6) is 0.911. The number of rotatable bonds is 4. The van der Waals surface area contributed by atoms with E-state index in [1.807, 2.05) is 31.2 Å². The molecule has 1 aromatic carbocycles. The molecule has 0 bridgehead atoms. The van der Waals surface area contributed by atoms with Crippen molar-refractivity contribution < 1.29 is 9.21 Å². The molecule has 1 atom stereocenters. The van der Waals surface area contributed by atoms with Crippen molar-refractivity contribution >= 4 is 11.6 Å². The Hall–Kier alpha value is -2.21. The Morgan fingerprint density at radius 3 is 3.00 bits per heavy atom. The lowest BCUT2D eigenvalue weighted by Crippen LogP contribution is -2.48. The molecule has 1 aromatic heterocycles. The minimum atomic E-state index is 0.00307. The van der Waals surface area contributed by atoms with E-state index in [1.54, 1.807) is 0 Å². The summed E-state index contributed by atoms with van der Waals surface area (Å²) >= 11 is 0. The first-order valence-corrected chi connectivity index (χ1v) is 6.62. The molecule has 1 aliphatic heterocycles. The molecule has 0 radical (unpaired) electrons. The third kappa shape index (κ3) is 2.55. The van der Waals surface area contributed by atoms with E-state index in [2.05, 4.69) is 20.8 Å². The lowest BCUT2D eigenvalue weighted by molar-refractivity contribution is -0.121. The first-order chi connectivity index (χ1) is 9.74. The van der Waals surface area contributed by atoms with E-state index in [0.29, 0.717) is 11.8 Å². The summed E-state index contributed by atoms with van der Waals surface area (Å²) in [4.78, 5) is 12.2. The Balaban J connectivity index is 1.71. The number of amides is 1. The van der Waals surface area contributed by atoms with E-state index in [4.69, 9.17) is 4.42 Å². The van der Waals surface area contributed by atoms with E-state index >= 15 is 0 Å². The van der Waals surface area contributed by atoms with Crippen LogP contribution in [0.1, 0.15) is 6.92 Å². The molecule has 0 spiro atoms. The SMILES string of the molecule is CC(C(=O)Nc1cccc(-c2nnco2)c1)C1CNC1. The predicted molar refractivity (Wildman–Crippen MR) is 73.9 cm³/mol. The number of carbonyl (C=O) groups is 1. The first-order valence-electron chi connectivity index (χ1n) is 6.62. The van der Waals surface area contributed by atoms with Gasteiger partial charge in [-0.05, 0) is 37.2 Å². The summed E-state index contributed by atoms with van der Waals surface area (Å²) < 4.78 is 5.15. The maximum absolute atomic E-state index is 12.2. The highest BCUT2D eigenvalue weighted by Gasteiger charge is 2.28. The maximum atomic E-state index is 12.2. The molecule has 0 saturated carbocycles. The molecule has 3 rings (SSSR count). The zero-order chi connectivity index (χ0) is 13.9. The molecular formula is C14H16N4O2. The standard InChI is InChI=1S/C14H16N4O2/c1-9(11-6-15-7-11)13(19)17-12-4-2-3-10(5-12)14-18-16-8-20-14/h2-5,8-9,11,15H,6-7H2,1H3,(H,17,19). The molecule has 20 heavy (non-hydrogen) atoms. The Bertz CT molecular complexity index is 593. The first kappa shape index (κ1) is 12.8. The van der Waals surface area contributed by atoms with Crippen molar-refractivity contribution in [2.45, 2.75) is 6.92 Å². The molecule has 2 aromatic rings. The fraction of sp³-hybridized carbons (Fsp3) is 0.357. The fourth-order valence-electron chi connectivity index (χ4n) is 2.16. The van der Waals surface area contributed by atoms with Gasteiger partial charge in [0.1, 0.15) is 0 Å². The average molecular weight is 272 g/mol. The van der Waals surface area contributed by atoms with Gasteiger partial charge in [-0.2, -0.15) is 0 Å². The van der Waals surface area contributed by atoms with Crippen LogP contribution in [0.5, 0.6) is 0 Å². The van der Waals surface area contributed by atoms with Gasteiger partial charge < -0.3 is 15.1 Å². The molecule has 2 heterocycles. The van der Waals surface area contributed by atoms with Gasteiger partial charge in [0.25, 0.3) is 0 Å². The molecule has 1 fully saturated rings. The van der Waals surface area contributed by atoms with Crippen molar-refractivity contribution in [3.63, 3.8) is 0 Å². The number of nitrogens with one attached hydrogen (secondary N) is 2. The third-order valence-corrected chi connectivity index (χ3v) is 3.67. The highest BCUT2D eigenvalue weighted by atomic mass is 16.4. The lowest BCUT2D eigenvalue weighted by Gasteiger charge is -2.31. The van der Waals surface area contributed by atoms with Crippen LogP contribution < -0.4 is 10.6 Å². The normalized spacial score (nSPS) is 16.4. The van der Waals surface area contributed by atoms with Crippen LogP contribution in [-0.4, -0.2) is 29.2 Å². The van der Waals surface area contributed by atoms with Crippen LogP contribution in [0.4, 0.5) is 5.69 Å². The predicted octanol–water partition coefficient (Wildman–Crippen LogP) is 1.53. The van der Waals surface area contributed by atoms with E-state index < -0.39 is 0 Å². The summed E-state index contributed by atoms with van der Waals surface area (Å²) in [7, 11) is 0. The third-order valence-electron chi connectivity index (χ3n) is 3.67. The van der Waals surface area contributed by atoms with E-state index in [-0.39, 0.29) is 11.8 Å². The van der Waals surface area contributed by atoms with Crippen LogP contribution in [0.25, 0.3) is 11.5 Å². The molecule has 6 heteroatoms. The van der Waals surface area contributed by atoms with Gasteiger partial charge in [-0.1, -0.05) is 13.0 Å². The number of hydrogen-bond donors (Lipinski definition) is 2. The van der Waals surface area contributed by atoms with E-state index in [1.165, 1.54) is 6.39 Å². The molecule has 2 N–H and O–H groups in total. The molecule has 1 amide bonds. The molecule has 1 aliphatic rings. The van der Waals surface area contributed by atoms with Gasteiger partial charge in [0.05, 0.1) is 0 Å². The highest BCUT2D eigenvalue weighted by molar-refractivity contribution is 5.93. The van der Waals surface area contributed by atoms with Crippen molar-refractivity contribution in [2.75, 3.05) is 18.4 Å². The average Bonchev–Trinajstić information content (AvgIpc) is 2.90. The molecule has 1 saturated heterocycles. The van der Waals surface area contributed by atoms with Gasteiger partial charge in [0.15, 0.2) is 0 Å². The summed E-state index contributed by atoms with van der Waals surface area (Å²) in [6, 6.07) is 7.40. The van der Waals surface area contributed by atoms with Gasteiger partial charge in [0.2, 0.25) is 18.2 Å². The number of aromatic nitrogens is 2. The van der Waals surface area contributed by atoms with Crippen LogP contribution >= 0.6 is 0 Å². The van der Waals surface area contributed by atoms with Gasteiger partial charge in [-0.25, -0.2) is 0 Å². The number of benzene rings is 1. The van der Waals surface area contributed by atoms with Crippen LogP contribution in [0, 0.1) is 11.8 Å². The van der Waals surface area contributed by atoms with Crippen molar-refractivity contribution in [1.82, 2.24) is 15.5 Å². The van der Waals surface area contributed by atoms with Crippen molar-refractivity contribution in [2.24, 2.45) is 11.8 Å². The topological polar surface area (TPSA) is 80.1 Å². The minimum Gasteiger partial charge on any atom is -0.423 e. The second kappa shape index (κ2) is 5.42. The molecule has 1 unspecified atom stereocenters. The van der Waals surface area contributed by atoms with Crippen LogP contribution in [0.3, 0.4) is 0 Å². The lowest BCUT2D eigenvalue weighted by atomic mass is 9.88. The Morgan fingerprint density at radius 2 is 2.35 bits per heavy atom. The highest BCUT2D eigenvalue weighted by Crippen LogP contribution is 2.22. The summed E-state index contributed by atoms with van der Waals surface area (Å²) in [6.07, 6.45) is 1.28. The summed E-state index contributed by atoms with van der Waals surface area (Å²) in [5, 5.41) is 13.6. The monoisotopic (exact) mass is 272 g/mol. The molecule has 104 valence electrons. The molecule has 0 aliphatic carbocycles. The molecule has 6 nitrogen and oxygen atoms in total. The van der Waals surface area contributed by atoms with Crippen LogP contribution in [0.15, 0.2) is 35.1 Å². The fourth-order valence-corrected chi connectivity index (χ4v) is 2.16. The van der Waals surface area contributed by atoms with Crippen molar-refractivity contribution in [3.8, 4) is 11.5 Å². The maximum Gasteiger partial charge on any atom is 0.247 e. The Morgan fingerprint density at radius 1 is 1.50 bits per heavy atom. The smallest absolute Gasteiger partial charge is 0.247 e. The quantitative estimate of drug-likeness (QED) is 0.882. The number of carbonyl (C=O) groups excluding carboxylic acids is 1. The van der Waals surface area contributed by atoms with Crippen molar-refractivity contribution in [3.05, 3.63) is 30.7 Å². The van der Waals surface area contributed by atoms with Gasteiger partial charge in [-0.15, -0.1) is 10.2 Å². The van der Waals surface area contributed by atoms with E-state index in [0.717, 1.165) is 24.3 Å². The van der Waals surface area contributed by atoms with Crippen LogP contribution in [0.2, 0.25) is 0 Å². The second-order valence-corrected chi connectivity index (χ2v) is 5.02. The number of hydrogen-bond acceptors (Lipinski definition) is 5. The zero-order valence-electron chi connectivity index (χ0n) is 11.2. The van der Waals surface area contributed by atoms with Gasteiger partial charge in [0, 0.05) is 17.2 Å². The summed E-state index contributed by atoms with van der Waals surface area (Å²) in [6.45, 7) is 3.79. The van der Waals surface area contributed by atoms with Gasteiger partial charge in [-0.3, -0.25) is 4.79 Å². The molecular weight excluding hydrogens is 256 g/mol. The Kier molecular flexibility index (Phi) is 3.47. The largest absolute Gasteiger partial charge is 0.423 e. The van der Waals surface area contributed by atoms with Crippen LogP contribution in [-0.2, 0) is 4.79 Å². The number of anilines is 1. The summed E-state index contributed by atoms with van der Waals surface area (Å²) in [5.41, 5.74) is 1.53. The minimum absolute atomic E-state index is 0.00307. The Labute approximate surface area is 116 Å². The second-order valence-electron chi connectivity index (χ2n) is 5.02. The van der Waals surface area contributed by atoms with Crippen molar-refractivity contribution in [1.29, 1.82) is 0 Å². The van der Waals surface area contributed by atoms with E-state index in [9.17, 15) is 4.79 Å². The number of nitrogens with zero attached hydrogens (tertiary/aromatic N) is 2. The zero-order valence-corrected chi connectivity index (χ0v) is 11.2.